The second-order valence-corrected chi connectivity index (χ2v) is 6.76. The summed E-state index contributed by atoms with van der Waals surface area (Å²) in [4.78, 5) is 12.8. The van der Waals surface area contributed by atoms with E-state index in [0.717, 1.165) is 5.01 Å². The third-order valence-corrected chi connectivity index (χ3v) is 4.57. The molecule has 0 unspecified atom stereocenters. The number of methoxy groups -OCH3 is 1. The van der Waals surface area contributed by atoms with Crippen LogP contribution >= 0.6 is 34.8 Å². The molecule has 3 rings (SSSR count). The zero-order chi connectivity index (χ0) is 19.0. The van der Waals surface area contributed by atoms with Crippen molar-refractivity contribution in [2.24, 2.45) is 5.10 Å². The van der Waals surface area contributed by atoms with Gasteiger partial charge < -0.3 is 9.84 Å². The summed E-state index contributed by atoms with van der Waals surface area (Å²) < 4.78 is 5.08. The number of amides is 1. The van der Waals surface area contributed by atoms with Crippen LogP contribution in [-0.2, 0) is 4.79 Å². The molecule has 0 radical (unpaired) electrons. The van der Waals surface area contributed by atoms with Crippen LogP contribution in [0.2, 0.25) is 15.1 Å². The Bertz CT molecular complexity index is 947. The zero-order valence-electron chi connectivity index (χ0n) is 13.8. The molecule has 0 fully saturated rings. The van der Waals surface area contributed by atoms with Gasteiger partial charge in [-0.15, -0.1) is 0 Å². The van der Waals surface area contributed by atoms with E-state index >= 15 is 0 Å². The molecule has 0 saturated carbocycles. The number of anilines is 1. The van der Waals surface area contributed by atoms with Crippen molar-refractivity contribution in [1.82, 2.24) is 0 Å². The topological polar surface area (TPSA) is 62.1 Å². The van der Waals surface area contributed by atoms with E-state index in [4.69, 9.17) is 39.5 Å². The Morgan fingerprint density at radius 1 is 1.15 bits per heavy atom. The fraction of sp³-hybridized carbons (Fsp3) is 0.111. The first-order chi connectivity index (χ1) is 12.3. The first-order valence-electron chi connectivity index (χ1n) is 7.45. The summed E-state index contributed by atoms with van der Waals surface area (Å²) >= 11 is 18.3. The van der Waals surface area contributed by atoms with Gasteiger partial charge in [-0.05, 0) is 42.8 Å². The van der Waals surface area contributed by atoms with Crippen LogP contribution in [0.15, 0.2) is 41.0 Å². The number of phenolic OH excluding ortho intramolecular Hbond substituents is 1. The summed E-state index contributed by atoms with van der Waals surface area (Å²) in [6.45, 7) is 1.71. The second-order valence-electron chi connectivity index (χ2n) is 5.51. The average Bonchev–Trinajstić information content (AvgIpc) is 2.83. The molecular weight excluding hydrogens is 399 g/mol. The summed E-state index contributed by atoms with van der Waals surface area (Å²) in [5.74, 6) is -0.0557. The fourth-order valence-electron chi connectivity index (χ4n) is 2.52. The van der Waals surface area contributed by atoms with Crippen molar-refractivity contribution in [3.8, 4) is 11.5 Å². The van der Waals surface area contributed by atoms with Crippen LogP contribution in [0.1, 0.15) is 12.5 Å². The second kappa shape index (κ2) is 7.19. The average molecular weight is 412 g/mol. The van der Waals surface area contributed by atoms with Crippen molar-refractivity contribution in [3.05, 3.63) is 56.5 Å². The molecule has 1 N–H and O–H groups in total. The number of carbonyl (C=O) groups is 1. The lowest BCUT2D eigenvalue weighted by molar-refractivity contribution is -0.114. The first-order valence-corrected chi connectivity index (χ1v) is 8.58. The van der Waals surface area contributed by atoms with Crippen molar-refractivity contribution in [2.75, 3.05) is 12.1 Å². The molecule has 0 bridgehead atoms. The third-order valence-electron chi connectivity index (χ3n) is 3.77. The monoisotopic (exact) mass is 410 g/mol. The molecular formula is C18H13Cl3N2O3. The Labute approximate surface area is 165 Å². The molecule has 0 aliphatic carbocycles. The Hall–Kier alpha value is -2.21. The van der Waals surface area contributed by atoms with Crippen molar-refractivity contribution < 1.29 is 14.6 Å². The summed E-state index contributed by atoms with van der Waals surface area (Å²) in [6.07, 6.45) is 1.65. The maximum Gasteiger partial charge on any atom is 0.280 e. The Balaban J connectivity index is 2.01. The largest absolute Gasteiger partial charge is 0.504 e. The van der Waals surface area contributed by atoms with E-state index < -0.39 is 0 Å². The normalized spacial score (nSPS) is 15.6. The molecule has 2 aromatic carbocycles. The van der Waals surface area contributed by atoms with E-state index in [-0.39, 0.29) is 27.4 Å². The first kappa shape index (κ1) is 18.6. The van der Waals surface area contributed by atoms with Crippen LogP contribution in [0, 0.1) is 0 Å². The number of aromatic hydroxyl groups is 1. The molecule has 1 heterocycles. The Morgan fingerprint density at radius 2 is 1.81 bits per heavy atom. The molecule has 8 heteroatoms. The van der Waals surface area contributed by atoms with Gasteiger partial charge in [0.25, 0.3) is 5.91 Å². The quantitative estimate of drug-likeness (QED) is 0.709. The summed E-state index contributed by atoms with van der Waals surface area (Å²) in [6, 6.07) is 7.76. The maximum atomic E-state index is 12.8. The van der Waals surface area contributed by atoms with E-state index in [0.29, 0.717) is 27.6 Å². The number of phenols is 1. The van der Waals surface area contributed by atoms with Gasteiger partial charge in [0, 0.05) is 5.02 Å². The van der Waals surface area contributed by atoms with Gasteiger partial charge in [-0.3, -0.25) is 4.79 Å². The molecule has 1 aliphatic heterocycles. The van der Waals surface area contributed by atoms with Crippen LogP contribution < -0.4 is 9.75 Å². The van der Waals surface area contributed by atoms with Gasteiger partial charge in [-0.25, -0.2) is 0 Å². The number of carbonyl (C=O) groups excluding carboxylic acids is 1. The fourth-order valence-corrected chi connectivity index (χ4v) is 3.50. The van der Waals surface area contributed by atoms with Crippen molar-refractivity contribution in [2.45, 2.75) is 6.92 Å². The predicted octanol–water partition coefficient (Wildman–Crippen LogP) is 5.17. The molecule has 1 amide bonds. The molecule has 0 spiro atoms. The number of ether oxygens (including phenoxy) is 1. The van der Waals surface area contributed by atoms with Crippen LogP contribution in [0.3, 0.4) is 0 Å². The Morgan fingerprint density at radius 3 is 2.42 bits per heavy atom. The molecule has 0 atom stereocenters. The van der Waals surface area contributed by atoms with Crippen LogP contribution in [-0.4, -0.2) is 23.8 Å². The van der Waals surface area contributed by atoms with Gasteiger partial charge in [0.2, 0.25) is 0 Å². The van der Waals surface area contributed by atoms with E-state index in [2.05, 4.69) is 5.10 Å². The van der Waals surface area contributed by atoms with E-state index in [9.17, 15) is 9.90 Å². The maximum absolute atomic E-state index is 12.8. The molecule has 0 aromatic heterocycles. The van der Waals surface area contributed by atoms with Crippen molar-refractivity contribution >= 4 is 58.2 Å². The number of rotatable bonds is 3. The molecule has 1 aliphatic rings. The minimum absolute atomic E-state index is 0.0131. The lowest BCUT2D eigenvalue weighted by atomic mass is 10.1. The molecule has 134 valence electrons. The van der Waals surface area contributed by atoms with Gasteiger partial charge in [-0.2, -0.15) is 10.1 Å². The standard InChI is InChI=1S/C18H13Cl3N2O3/c1-9-12(5-10-3-4-15(24)16(6-10)26-2)18(25)23(22-9)17-13(20)7-11(19)8-14(17)21/h3-8,24H,1-2H3/b12-5+. The highest BCUT2D eigenvalue weighted by Gasteiger charge is 2.31. The van der Waals surface area contributed by atoms with Gasteiger partial charge in [-0.1, -0.05) is 40.9 Å². The summed E-state index contributed by atoms with van der Waals surface area (Å²) in [7, 11) is 1.45. The third kappa shape index (κ3) is 3.38. The molecule has 26 heavy (non-hydrogen) atoms. The minimum Gasteiger partial charge on any atom is -0.504 e. The summed E-state index contributed by atoms with van der Waals surface area (Å²) in [5, 5.41) is 15.9. The number of hydrogen-bond acceptors (Lipinski definition) is 4. The number of nitrogens with zero attached hydrogens (tertiary/aromatic N) is 2. The highest BCUT2D eigenvalue weighted by Crippen LogP contribution is 2.39. The van der Waals surface area contributed by atoms with E-state index in [1.165, 1.54) is 25.3 Å². The molecule has 2 aromatic rings. The van der Waals surface area contributed by atoms with Gasteiger partial charge in [0.15, 0.2) is 11.5 Å². The Kier molecular flexibility index (Phi) is 5.14. The van der Waals surface area contributed by atoms with Crippen molar-refractivity contribution in [1.29, 1.82) is 0 Å². The number of benzene rings is 2. The minimum atomic E-state index is -0.374. The van der Waals surface area contributed by atoms with Crippen LogP contribution in [0.25, 0.3) is 6.08 Å². The van der Waals surface area contributed by atoms with E-state index in [1.807, 2.05) is 0 Å². The van der Waals surface area contributed by atoms with Gasteiger partial charge >= 0.3 is 0 Å². The zero-order valence-corrected chi connectivity index (χ0v) is 16.0. The smallest absolute Gasteiger partial charge is 0.280 e. The summed E-state index contributed by atoms with van der Waals surface area (Å²) in [5.41, 5.74) is 1.82. The molecule has 5 nitrogen and oxygen atoms in total. The molecule has 0 saturated heterocycles. The van der Waals surface area contributed by atoms with Crippen molar-refractivity contribution in [3.63, 3.8) is 0 Å². The highest BCUT2D eigenvalue weighted by atomic mass is 35.5. The van der Waals surface area contributed by atoms with E-state index in [1.54, 1.807) is 25.1 Å². The van der Waals surface area contributed by atoms with Crippen LogP contribution in [0.4, 0.5) is 5.69 Å². The number of hydrazone groups is 1. The van der Waals surface area contributed by atoms with Gasteiger partial charge in [0.1, 0.15) is 5.69 Å². The number of halogens is 3. The predicted molar refractivity (Wildman–Crippen MR) is 105 cm³/mol. The van der Waals surface area contributed by atoms with Gasteiger partial charge in [0.05, 0.1) is 28.4 Å². The highest BCUT2D eigenvalue weighted by molar-refractivity contribution is 6.44. The lowest BCUT2D eigenvalue weighted by Crippen LogP contribution is -2.22. The van der Waals surface area contributed by atoms with Crippen LogP contribution in [0.5, 0.6) is 11.5 Å². The SMILES string of the molecule is COc1cc(/C=C2/C(=O)N(c3c(Cl)cc(Cl)cc3Cl)N=C2C)ccc1O. The lowest BCUT2D eigenvalue weighted by Gasteiger charge is -2.15. The number of hydrogen-bond donors (Lipinski definition) is 1.